The van der Waals surface area contributed by atoms with Crippen molar-refractivity contribution in [2.45, 2.75) is 58.4 Å². The Hall–Kier alpha value is -1.26. The van der Waals surface area contributed by atoms with Crippen LogP contribution in [0.2, 0.25) is 0 Å². The molecule has 0 aliphatic heterocycles. The second kappa shape index (κ2) is 6.61. The normalized spacial score (nSPS) is 19.2. The zero-order chi connectivity index (χ0) is 13.6. The van der Waals surface area contributed by atoms with Gasteiger partial charge in [-0.25, -0.2) is 4.79 Å². The number of hydrogen-bond acceptors (Lipinski definition) is 2. The minimum absolute atomic E-state index is 0.0493. The van der Waals surface area contributed by atoms with E-state index in [1.165, 1.54) is 25.7 Å². The molecule has 0 bridgehead atoms. The van der Waals surface area contributed by atoms with Crippen LogP contribution in [0.1, 0.15) is 52.4 Å². The Balaban J connectivity index is 2.30. The zero-order valence-electron chi connectivity index (χ0n) is 11.3. The largest absolute Gasteiger partial charge is 0.481 e. The predicted octanol–water partition coefficient (Wildman–Crippen LogP) is 2.12. The third-order valence-electron chi connectivity index (χ3n) is 3.90. The van der Waals surface area contributed by atoms with E-state index in [-0.39, 0.29) is 23.9 Å². The fourth-order valence-electron chi connectivity index (χ4n) is 2.64. The van der Waals surface area contributed by atoms with E-state index in [1.54, 1.807) is 6.92 Å². The molecule has 2 amide bonds. The number of carbonyl (C=O) groups is 2. The number of nitrogens with one attached hydrogen (secondary N) is 2. The molecule has 1 aliphatic rings. The van der Waals surface area contributed by atoms with Gasteiger partial charge in [0.05, 0.1) is 6.42 Å². The highest BCUT2D eigenvalue weighted by Gasteiger charge is 2.32. The number of carbonyl (C=O) groups excluding carboxylic acids is 1. The van der Waals surface area contributed by atoms with Gasteiger partial charge in [-0.3, -0.25) is 4.79 Å². The van der Waals surface area contributed by atoms with Crippen molar-refractivity contribution >= 4 is 12.0 Å². The van der Waals surface area contributed by atoms with Crippen LogP contribution in [0, 0.1) is 5.41 Å². The summed E-state index contributed by atoms with van der Waals surface area (Å²) >= 11 is 0. The van der Waals surface area contributed by atoms with Crippen molar-refractivity contribution in [3.8, 4) is 0 Å². The second-order valence-electron chi connectivity index (χ2n) is 5.39. The first-order chi connectivity index (χ1) is 8.47. The van der Waals surface area contributed by atoms with Gasteiger partial charge >= 0.3 is 12.0 Å². The molecule has 1 unspecified atom stereocenters. The molecule has 1 saturated carbocycles. The van der Waals surface area contributed by atoms with Crippen LogP contribution < -0.4 is 10.6 Å². The standard InChI is InChI=1S/C13H24N2O3/c1-3-13(6-4-5-7-13)9-14-12(18)15-10(2)8-11(16)17/h10H,3-9H2,1-2H3,(H,16,17)(H2,14,15,18). The summed E-state index contributed by atoms with van der Waals surface area (Å²) in [6, 6.07) is -0.605. The van der Waals surface area contributed by atoms with Crippen molar-refractivity contribution in [3.05, 3.63) is 0 Å². The van der Waals surface area contributed by atoms with Crippen LogP contribution in [0.15, 0.2) is 0 Å². The van der Waals surface area contributed by atoms with Crippen LogP contribution in [0.5, 0.6) is 0 Å². The number of hydrogen-bond donors (Lipinski definition) is 3. The fourth-order valence-corrected chi connectivity index (χ4v) is 2.64. The van der Waals surface area contributed by atoms with Gasteiger partial charge in [0, 0.05) is 12.6 Å². The Bertz CT molecular complexity index is 299. The quantitative estimate of drug-likeness (QED) is 0.681. The molecule has 0 aromatic rings. The second-order valence-corrected chi connectivity index (χ2v) is 5.39. The summed E-state index contributed by atoms with van der Waals surface area (Å²) in [5.41, 5.74) is 0.257. The number of carboxylic acid groups (broad SMARTS) is 1. The summed E-state index contributed by atoms with van der Waals surface area (Å²) in [6.45, 7) is 4.55. The Kier molecular flexibility index (Phi) is 5.44. The minimum atomic E-state index is -0.899. The molecule has 1 rings (SSSR count). The molecule has 0 aromatic carbocycles. The molecule has 0 radical (unpaired) electrons. The van der Waals surface area contributed by atoms with Crippen molar-refractivity contribution in [3.63, 3.8) is 0 Å². The topological polar surface area (TPSA) is 78.4 Å². The van der Waals surface area contributed by atoms with Gasteiger partial charge in [0.25, 0.3) is 0 Å². The summed E-state index contributed by atoms with van der Waals surface area (Å²) in [4.78, 5) is 22.1. The molecule has 18 heavy (non-hydrogen) atoms. The molecule has 104 valence electrons. The maximum atomic E-state index is 11.6. The first-order valence-corrected chi connectivity index (χ1v) is 6.73. The van der Waals surface area contributed by atoms with Crippen LogP contribution in [0.3, 0.4) is 0 Å². The lowest BCUT2D eigenvalue weighted by Crippen LogP contribution is -2.45. The van der Waals surface area contributed by atoms with E-state index in [9.17, 15) is 9.59 Å². The maximum absolute atomic E-state index is 11.6. The lowest BCUT2D eigenvalue weighted by atomic mass is 9.83. The molecule has 0 saturated heterocycles. The van der Waals surface area contributed by atoms with Crippen LogP contribution in [-0.2, 0) is 4.79 Å². The molecular formula is C13H24N2O3. The maximum Gasteiger partial charge on any atom is 0.315 e. The van der Waals surface area contributed by atoms with Crippen molar-refractivity contribution in [1.82, 2.24) is 10.6 Å². The predicted molar refractivity (Wildman–Crippen MR) is 69.4 cm³/mol. The smallest absolute Gasteiger partial charge is 0.315 e. The van der Waals surface area contributed by atoms with E-state index in [4.69, 9.17) is 5.11 Å². The van der Waals surface area contributed by atoms with Crippen molar-refractivity contribution in [2.75, 3.05) is 6.54 Å². The Labute approximate surface area is 108 Å². The van der Waals surface area contributed by atoms with Gasteiger partial charge in [0.1, 0.15) is 0 Å². The summed E-state index contributed by atoms with van der Waals surface area (Å²) in [7, 11) is 0. The lowest BCUT2D eigenvalue weighted by Gasteiger charge is -2.28. The summed E-state index contributed by atoms with van der Waals surface area (Å²) in [5, 5.41) is 14.1. The number of carboxylic acids is 1. The van der Waals surface area contributed by atoms with E-state index in [2.05, 4.69) is 17.6 Å². The SMILES string of the molecule is CCC1(CNC(=O)NC(C)CC(=O)O)CCCC1. The Morgan fingerprint density at radius 2 is 1.94 bits per heavy atom. The number of rotatable bonds is 6. The van der Waals surface area contributed by atoms with Gasteiger partial charge in [-0.05, 0) is 31.6 Å². The molecule has 1 atom stereocenters. The van der Waals surface area contributed by atoms with Crippen molar-refractivity contribution in [2.24, 2.45) is 5.41 Å². The summed E-state index contributed by atoms with van der Waals surface area (Å²) in [6.07, 6.45) is 5.87. The molecular weight excluding hydrogens is 232 g/mol. The van der Waals surface area contributed by atoms with Crippen LogP contribution in [0.25, 0.3) is 0 Å². The van der Waals surface area contributed by atoms with E-state index < -0.39 is 5.97 Å². The Morgan fingerprint density at radius 3 is 2.44 bits per heavy atom. The highest BCUT2D eigenvalue weighted by molar-refractivity contribution is 5.75. The third kappa shape index (κ3) is 4.55. The highest BCUT2D eigenvalue weighted by atomic mass is 16.4. The fraction of sp³-hybridized carbons (Fsp3) is 0.846. The molecule has 0 aromatic heterocycles. The van der Waals surface area contributed by atoms with Crippen molar-refractivity contribution in [1.29, 1.82) is 0 Å². The average Bonchev–Trinajstić information content (AvgIpc) is 2.74. The number of urea groups is 1. The molecule has 0 spiro atoms. The number of aliphatic carboxylic acids is 1. The van der Waals surface area contributed by atoms with Gasteiger partial charge in [0.15, 0.2) is 0 Å². The first-order valence-electron chi connectivity index (χ1n) is 6.73. The van der Waals surface area contributed by atoms with Gasteiger partial charge in [-0.15, -0.1) is 0 Å². The molecule has 0 heterocycles. The van der Waals surface area contributed by atoms with Crippen LogP contribution >= 0.6 is 0 Å². The molecule has 1 fully saturated rings. The zero-order valence-corrected chi connectivity index (χ0v) is 11.3. The first kappa shape index (κ1) is 14.8. The molecule has 5 heteroatoms. The van der Waals surface area contributed by atoms with Crippen molar-refractivity contribution < 1.29 is 14.7 Å². The monoisotopic (exact) mass is 256 g/mol. The van der Waals surface area contributed by atoms with Gasteiger partial charge in [-0.2, -0.15) is 0 Å². The van der Waals surface area contributed by atoms with E-state index in [1.807, 2.05) is 0 Å². The molecule has 1 aliphatic carbocycles. The highest BCUT2D eigenvalue weighted by Crippen LogP contribution is 2.40. The Morgan fingerprint density at radius 1 is 1.33 bits per heavy atom. The van der Waals surface area contributed by atoms with Crippen LogP contribution in [0.4, 0.5) is 4.79 Å². The molecule has 3 N–H and O–H groups in total. The summed E-state index contributed by atoms with van der Waals surface area (Å²) < 4.78 is 0. The third-order valence-corrected chi connectivity index (χ3v) is 3.90. The van der Waals surface area contributed by atoms with E-state index in [0.717, 1.165) is 6.42 Å². The number of amides is 2. The van der Waals surface area contributed by atoms with Gasteiger partial charge < -0.3 is 15.7 Å². The van der Waals surface area contributed by atoms with Gasteiger partial charge in [-0.1, -0.05) is 19.8 Å². The van der Waals surface area contributed by atoms with Gasteiger partial charge in [0.2, 0.25) is 0 Å². The van der Waals surface area contributed by atoms with E-state index >= 15 is 0 Å². The average molecular weight is 256 g/mol. The summed E-state index contributed by atoms with van der Waals surface area (Å²) in [5.74, 6) is -0.899. The minimum Gasteiger partial charge on any atom is -0.481 e. The van der Waals surface area contributed by atoms with Crippen LogP contribution in [-0.4, -0.2) is 29.7 Å². The van der Waals surface area contributed by atoms with E-state index in [0.29, 0.717) is 6.54 Å². The molecule has 5 nitrogen and oxygen atoms in total. The lowest BCUT2D eigenvalue weighted by molar-refractivity contribution is -0.137.